The third kappa shape index (κ3) is 3.39. The molecule has 0 saturated carbocycles. The van der Waals surface area contributed by atoms with E-state index in [1.54, 1.807) is 24.7 Å². The number of fused-ring (bicyclic) bond motifs is 2. The summed E-state index contributed by atoms with van der Waals surface area (Å²) in [6, 6.07) is 9.86. The van der Waals surface area contributed by atoms with Crippen LogP contribution < -0.4 is 4.74 Å². The number of pyridine rings is 1. The van der Waals surface area contributed by atoms with Crippen molar-refractivity contribution >= 4 is 22.8 Å². The maximum absolute atomic E-state index is 9.89. The molecule has 0 amide bonds. The van der Waals surface area contributed by atoms with E-state index < -0.39 is 6.10 Å². The van der Waals surface area contributed by atoms with Crippen molar-refractivity contribution in [2.24, 2.45) is 0 Å². The van der Waals surface area contributed by atoms with E-state index in [4.69, 9.17) is 25.8 Å². The van der Waals surface area contributed by atoms with Gasteiger partial charge in [0.25, 0.3) is 6.01 Å². The van der Waals surface area contributed by atoms with Gasteiger partial charge in [0.05, 0.1) is 41.3 Å². The second-order valence-electron chi connectivity index (χ2n) is 7.72. The third-order valence-corrected chi connectivity index (χ3v) is 5.96. The van der Waals surface area contributed by atoms with Gasteiger partial charge in [0, 0.05) is 23.5 Å². The first-order chi connectivity index (χ1) is 15.7. The number of aromatic nitrogens is 5. The van der Waals surface area contributed by atoms with E-state index >= 15 is 0 Å². The number of hydrogen-bond acceptors (Lipinski definition) is 8. The van der Waals surface area contributed by atoms with Crippen molar-refractivity contribution in [3.05, 3.63) is 53.9 Å². The van der Waals surface area contributed by atoms with Crippen molar-refractivity contribution in [2.75, 3.05) is 13.2 Å². The van der Waals surface area contributed by atoms with Gasteiger partial charge in [-0.1, -0.05) is 35.9 Å². The topological polar surface area (TPSA) is 115 Å². The lowest BCUT2D eigenvalue weighted by molar-refractivity contribution is 0.00706. The zero-order chi connectivity index (χ0) is 21.7. The molecule has 1 aromatic carbocycles. The van der Waals surface area contributed by atoms with Crippen LogP contribution in [0.25, 0.3) is 33.7 Å². The maximum atomic E-state index is 9.89. The monoisotopic (exact) mass is 451 g/mol. The fourth-order valence-corrected chi connectivity index (χ4v) is 4.35. The number of aliphatic hydroxyl groups excluding tert-OH is 1. The first-order valence-corrected chi connectivity index (χ1v) is 10.5. The molecule has 0 bridgehead atoms. The number of hydrogen-bond donors (Lipinski definition) is 2. The number of ether oxygens (including phenoxy) is 3. The van der Waals surface area contributed by atoms with Crippen LogP contribution in [0.15, 0.2) is 48.9 Å². The quantitative estimate of drug-likeness (QED) is 0.486. The molecule has 4 aromatic rings. The highest BCUT2D eigenvalue weighted by molar-refractivity contribution is 6.33. The van der Waals surface area contributed by atoms with Gasteiger partial charge in [-0.25, -0.2) is 4.98 Å². The van der Waals surface area contributed by atoms with E-state index in [0.29, 0.717) is 34.5 Å². The Bertz CT molecular complexity index is 1270. The molecule has 0 radical (unpaired) electrons. The fourth-order valence-electron chi connectivity index (χ4n) is 4.09. The Kier molecular flexibility index (Phi) is 4.76. The molecule has 5 heterocycles. The molecule has 2 aliphatic rings. The van der Waals surface area contributed by atoms with E-state index in [-0.39, 0.29) is 24.9 Å². The molecule has 4 atom stereocenters. The molecule has 2 saturated heterocycles. The first-order valence-electron chi connectivity index (χ1n) is 10.2. The highest BCUT2D eigenvalue weighted by Gasteiger charge is 2.48. The summed E-state index contributed by atoms with van der Waals surface area (Å²) in [7, 11) is 0. The summed E-state index contributed by atoms with van der Waals surface area (Å²) in [5.74, 6) is 0. The number of imidazole rings is 1. The number of aliphatic hydroxyl groups is 1. The van der Waals surface area contributed by atoms with Crippen molar-refractivity contribution in [2.45, 2.75) is 24.4 Å². The summed E-state index contributed by atoms with van der Waals surface area (Å²) in [4.78, 5) is 20.6. The smallest absolute Gasteiger partial charge is 0.296 e. The van der Waals surface area contributed by atoms with Crippen LogP contribution in [0, 0.1) is 0 Å². The molecule has 10 heteroatoms. The average Bonchev–Trinajstić information content (AvgIpc) is 3.51. The Hall–Kier alpha value is -3.11. The summed E-state index contributed by atoms with van der Waals surface area (Å²) < 4.78 is 17.1. The molecule has 0 spiro atoms. The van der Waals surface area contributed by atoms with Crippen molar-refractivity contribution in [1.29, 1.82) is 0 Å². The average molecular weight is 452 g/mol. The summed E-state index contributed by atoms with van der Waals surface area (Å²) >= 11 is 6.52. The molecule has 2 aliphatic heterocycles. The Morgan fingerprint density at radius 2 is 1.84 bits per heavy atom. The molecule has 9 nitrogen and oxygen atoms in total. The van der Waals surface area contributed by atoms with Crippen LogP contribution in [0.5, 0.6) is 6.01 Å². The lowest BCUT2D eigenvalue weighted by Gasteiger charge is -2.15. The lowest BCUT2D eigenvalue weighted by Crippen LogP contribution is -2.34. The molecule has 6 rings (SSSR count). The number of nitrogens with zero attached hydrogens (tertiary/aromatic N) is 4. The molecule has 162 valence electrons. The van der Waals surface area contributed by atoms with E-state index in [9.17, 15) is 5.11 Å². The third-order valence-electron chi connectivity index (χ3n) is 5.67. The fraction of sp³-hybridized carbons (Fsp3) is 0.273. The SMILES string of the molecule is O[C@@H]1CO[C@H]2[C@@H]1OC[C@H]2Oc1nc2nc(-c3ccc(-c4cnccn4)cc3)c(Cl)cc2[nH]1. The van der Waals surface area contributed by atoms with Gasteiger partial charge in [-0.2, -0.15) is 4.98 Å². The summed E-state index contributed by atoms with van der Waals surface area (Å²) in [6.45, 7) is 0.562. The molecule has 2 N–H and O–H groups in total. The van der Waals surface area contributed by atoms with Crippen molar-refractivity contribution in [3.63, 3.8) is 0 Å². The first kappa shape index (κ1) is 19.6. The summed E-state index contributed by atoms with van der Waals surface area (Å²) in [5.41, 5.74) is 4.36. The molecular formula is C22H18ClN5O4. The number of halogens is 1. The highest BCUT2D eigenvalue weighted by Crippen LogP contribution is 2.32. The summed E-state index contributed by atoms with van der Waals surface area (Å²) in [6.07, 6.45) is 3.33. The predicted octanol–water partition coefficient (Wildman–Crippen LogP) is 2.64. The van der Waals surface area contributed by atoms with E-state index in [2.05, 4.69) is 24.9 Å². The Labute approximate surface area is 187 Å². The van der Waals surface area contributed by atoms with Gasteiger partial charge in [0.15, 0.2) is 11.8 Å². The lowest BCUT2D eigenvalue weighted by atomic mass is 10.1. The summed E-state index contributed by atoms with van der Waals surface area (Å²) in [5, 5.41) is 10.4. The minimum absolute atomic E-state index is 0.242. The number of H-pyrrole nitrogens is 1. The van der Waals surface area contributed by atoms with Crippen LogP contribution in [0.3, 0.4) is 0 Å². The minimum atomic E-state index is -0.632. The van der Waals surface area contributed by atoms with Crippen LogP contribution in [-0.2, 0) is 9.47 Å². The van der Waals surface area contributed by atoms with Gasteiger partial charge in [0.1, 0.15) is 18.3 Å². The van der Waals surface area contributed by atoms with Gasteiger partial charge < -0.3 is 24.3 Å². The Morgan fingerprint density at radius 1 is 1.03 bits per heavy atom. The largest absolute Gasteiger partial charge is 0.456 e. The van der Waals surface area contributed by atoms with Gasteiger partial charge >= 0.3 is 0 Å². The second-order valence-corrected chi connectivity index (χ2v) is 8.13. The molecule has 3 aromatic heterocycles. The minimum Gasteiger partial charge on any atom is -0.456 e. The number of rotatable bonds is 4. The van der Waals surface area contributed by atoms with E-state index in [0.717, 1.165) is 16.8 Å². The molecule has 32 heavy (non-hydrogen) atoms. The van der Waals surface area contributed by atoms with Gasteiger partial charge in [0.2, 0.25) is 0 Å². The van der Waals surface area contributed by atoms with Crippen LogP contribution in [0.1, 0.15) is 0 Å². The van der Waals surface area contributed by atoms with Crippen LogP contribution in [0.2, 0.25) is 5.02 Å². The Morgan fingerprint density at radius 3 is 2.66 bits per heavy atom. The van der Waals surface area contributed by atoms with Gasteiger partial charge in [-0.05, 0) is 6.07 Å². The van der Waals surface area contributed by atoms with E-state index in [1.807, 2.05) is 24.3 Å². The van der Waals surface area contributed by atoms with Crippen LogP contribution >= 0.6 is 11.6 Å². The zero-order valence-electron chi connectivity index (χ0n) is 16.7. The highest BCUT2D eigenvalue weighted by atomic mass is 35.5. The number of benzene rings is 1. The second kappa shape index (κ2) is 7.79. The van der Waals surface area contributed by atoms with E-state index in [1.165, 1.54) is 0 Å². The molecule has 0 unspecified atom stereocenters. The molecule has 0 aliphatic carbocycles. The molecular weight excluding hydrogens is 434 g/mol. The Balaban J connectivity index is 1.26. The van der Waals surface area contributed by atoms with Gasteiger partial charge in [-0.3, -0.25) is 9.97 Å². The molecule has 2 fully saturated rings. The van der Waals surface area contributed by atoms with Crippen molar-refractivity contribution < 1.29 is 19.3 Å². The van der Waals surface area contributed by atoms with Crippen LogP contribution in [0.4, 0.5) is 0 Å². The predicted molar refractivity (Wildman–Crippen MR) is 115 cm³/mol. The number of aromatic amines is 1. The van der Waals surface area contributed by atoms with Gasteiger partial charge in [-0.15, -0.1) is 0 Å². The normalized spacial score (nSPS) is 24.7. The van der Waals surface area contributed by atoms with Crippen molar-refractivity contribution in [3.8, 4) is 28.5 Å². The maximum Gasteiger partial charge on any atom is 0.296 e. The standard InChI is InChI=1S/C22H18ClN5O4/c23-13-7-14-21(28-22(26-14)32-17-10-31-19-16(29)9-30-20(17)19)27-18(13)12-3-1-11(2-4-12)15-8-24-5-6-25-15/h1-8,16-17,19-20,29H,9-10H2,(H,26,27,28)/t16-,17-,19-,20-/m1/s1. The number of nitrogens with one attached hydrogen (secondary N) is 1. The van der Waals surface area contributed by atoms with Crippen molar-refractivity contribution in [1.82, 2.24) is 24.9 Å². The van der Waals surface area contributed by atoms with Crippen LogP contribution in [-0.4, -0.2) is 67.7 Å². The zero-order valence-corrected chi connectivity index (χ0v) is 17.4.